The van der Waals surface area contributed by atoms with Crippen molar-refractivity contribution < 1.29 is 13.5 Å². The van der Waals surface area contributed by atoms with Crippen molar-refractivity contribution >= 4 is 9.84 Å². The Labute approximate surface area is 110 Å². The first-order valence-corrected chi connectivity index (χ1v) is 8.86. The number of hydrogen-bond acceptors (Lipinski definition) is 4. The smallest absolute Gasteiger partial charge is 0.150 e. The van der Waals surface area contributed by atoms with Gasteiger partial charge in [-0.2, -0.15) is 0 Å². The van der Waals surface area contributed by atoms with Gasteiger partial charge in [0.05, 0.1) is 10.9 Å². The minimum atomic E-state index is -2.96. The first-order valence-electron chi connectivity index (χ1n) is 6.91. The van der Waals surface area contributed by atoms with Crippen LogP contribution < -0.4 is 0 Å². The minimum absolute atomic E-state index is 0.166. The lowest BCUT2D eigenvalue weighted by atomic mass is 9.72. The van der Waals surface area contributed by atoms with Crippen LogP contribution in [0.3, 0.4) is 0 Å². The highest BCUT2D eigenvalue weighted by molar-refractivity contribution is 7.91. The van der Waals surface area contributed by atoms with Gasteiger partial charge < -0.3 is 10.0 Å². The van der Waals surface area contributed by atoms with Crippen molar-refractivity contribution in [3.8, 4) is 0 Å². The van der Waals surface area contributed by atoms with Crippen LogP contribution in [0, 0.1) is 5.92 Å². The van der Waals surface area contributed by atoms with Crippen molar-refractivity contribution in [2.45, 2.75) is 49.4 Å². The Morgan fingerprint density at radius 2 is 1.83 bits per heavy atom. The predicted molar refractivity (Wildman–Crippen MR) is 72.3 cm³/mol. The molecule has 1 aliphatic heterocycles. The second kappa shape index (κ2) is 5.10. The number of likely N-dealkylation sites (tertiary alicyclic amines) is 1. The molecule has 1 saturated heterocycles. The third-order valence-electron chi connectivity index (χ3n) is 4.84. The second-order valence-corrected chi connectivity index (χ2v) is 8.55. The van der Waals surface area contributed by atoms with Crippen LogP contribution in [-0.4, -0.2) is 55.7 Å². The summed E-state index contributed by atoms with van der Waals surface area (Å²) >= 11 is 0. The molecule has 2 atom stereocenters. The molecule has 1 heterocycles. The summed E-state index contributed by atoms with van der Waals surface area (Å²) in [4.78, 5) is 2.23. The highest BCUT2D eigenvalue weighted by Crippen LogP contribution is 2.40. The van der Waals surface area contributed by atoms with E-state index >= 15 is 0 Å². The van der Waals surface area contributed by atoms with Gasteiger partial charge in [0.15, 0.2) is 0 Å². The molecule has 0 bridgehead atoms. The summed E-state index contributed by atoms with van der Waals surface area (Å²) < 4.78 is 23.4. The summed E-state index contributed by atoms with van der Waals surface area (Å²) in [6.07, 6.45) is 6.23. The quantitative estimate of drug-likeness (QED) is 0.818. The molecule has 2 aliphatic rings. The number of hydrogen-bond donors (Lipinski definition) is 1. The number of rotatable bonds is 2. The van der Waals surface area contributed by atoms with E-state index in [9.17, 15) is 13.5 Å². The van der Waals surface area contributed by atoms with Crippen LogP contribution in [0.2, 0.25) is 0 Å². The van der Waals surface area contributed by atoms with Gasteiger partial charge in [0, 0.05) is 19.3 Å². The zero-order valence-corrected chi connectivity index (χ0v) is 12.2. The maximum atomic E-state index is 11.7. The molecule has 0 aromatic heterocycles. The first kappa shape index (κ1) is 14.3. The average molecular weight is 275 g/mol. The monoisotopic (exact) mass is 275 g/mol. The van der Waals surface area contributed by atoms with Gasteiger partial charge in [0.1, 0.15) is 9.84 Å². The second-order valence-electron chi connectivity index (χ2n) is 6.22. The van der Waals surface area contributed by atoms with E-state index in [4.69, 9.17) is 0 Å². The molecular formula is C13H25NO3S. The van der Waals surface area contributed by atoms with Crippen LogP contribution >= 0.6 is 0 Å². The molecule has 0 spiro atoms. The van der Waals surface area contributed by atoms with Gasteiger partial charge in [-0.25, -0.2) is 8.42 Å². The summed E-state index contributed by atoms with van der Waals surface area (Å²) in [5, 5.41) is 10.5. The van der Waals surface area contributed by atoms with Gasteiger partial charge in [0.25, 0.3) is 0 Å². The Bertz CT molecular complexity index is 385. The molecule has 0 amide bonds. The Balaban J connectivity index is 2.04. The van der Waals surface area contributed by atoms with Crippen LogP contribution in [-0.2, 0) is 9.84 Å². The van der Waals surface area contributed by atoms with Crippen LogP contribution in [0.15, 0.2) is 0 Å². The maximum absolute atomic E-state index is 11.7. The number of sulfone groups is 1. The highest BCUT2D eigenvalue weighted by atomic mass is 32.2. The Hall–Kier alpha value is -0.130. The van der Waals surface area contributed by atoms with E-state index in [-0.39, 0.29) is 11.2 Å². The largest absolute Gasteiger partial charge is 0.390 e. The van der Waals surface area contributed by atoms with Crippen LogP contribution in [0.25, 0.3) is 0 Å². The maximum Gasteiger partial charge on any atom is 0.150 e. The molecule has 1 N–H and O–H groups in total. The van der Waals surface area contributed by atoms with Gasteiger partial charge in [0.2, 0.25) is 0 Å². The van der Waals surface area contributed by atoms with Crippen LogP contribution in [0.1, 0.15) is 38.5 Å². The molecule has 18 heavy (non-hydrogen) atoms. The molecule has 0 radical (unpaired) electrons. The average Bonchev–Trinajstić information content (AvgIpc) is 2.32. The lowest BCUT2D eigenvalue weighted by molar-refractivity contribution is -0.0733. The van der Waals surface area contributed by atoms with Gasteiger partial charge in [-0.15, -0.1) is 0 Å². The summed E-state index contributed by atoms with van der Waals surface area (Å²) in [6.45, 7) is 1.83. The lowest BCUT2D eigenvalue weighted by Gasteiger charge is -2.44. The van der Waals surface area contributed by atoms with Crippen molar-refractivity contribution in [1.82, 2.24) is 4.90 Å². The first-order chi connectivity index (χ1) is 8.31. The van der Waals surface area contributed by atoms with Crippen molar-refractivity contribution in [3.63, 3.8) is 0 Å². The molecule has 1 saturated carbocycles. The molecule has 106 valence electrons. The van der Waals surface area contributed by atoms with Gasteiger partial charge in [-0.1, -0.05) is 6.42 Å². The molecule has 4 nitrogen and oxygen atoms in total. The van der Waals surface area contributed by atoms with Crippen molar-refractivity contribution in [2.75, 3.05) is 26.4 Å². The standard InChI is InChI=1S/C13H25NO3S/c1-14-8-6-13(15,7-9-14)11-4-3-5-12(10-11)18(2,16)17/h11-12,15H,3-10H2,1-2H3. The van der Waals surface area contributed by atoms with E-state index in [1.807, 2.05) is 0 Å². The Kier molecular flexibility index (Phi) is 4.04. The van der Waals surface area contributed by atoms with E-state index < -0.39 is 15.4 Å². The predicted octanol–water partition coefficient (Wildman–Crippen LogP) is 1.05. The molecule has 2 rings (SSSR count). The van der Waals surface area contributed by atoms with Gasteiger partial charge >= 0.3 is 0 Å². The fourth-order valence-corrected chi connectivity index (χ4v) is 4.61. The number of aliphatic hydroxyl groups is 1. The van der Waals surface area contributed by atoms with E-state index in [1.54, 1.807) is 0 Å². The van der Waals surface area contributed by atoms with Crippen molar-refractivity contribution in [2.24, 2.45) is 5.92 Å². The normalized spacial score (nSPS) is 34.4. The van der Waals surface area contributed by atoms with E-state index in [2.05, 4.69) is 11.9 Å². The molecule has 5 heteroatoms. The van der Waals surface area contributed by atoms with Crippen molar-refractivity contribution in [3.05, 3.63) is 0 Å². The third kappa shape index (κ3) is 3.06. The summed E-state index contributed by atoms with van der Waals surface area (Å²) in [7, 11) is -0.887. The molecular weight excluding hydrogens is 250 g/mol. The van der Waals surface area contributed by atoms with Gasteiger partial charge in [-0.05, 0) is 45.1 Å². The van der Waals surface area contributed by atoms with E-state index in [0.29, 0.717) is 6.42 Å². The topological polar surface area (TPSA) is 57.6 Å². The highest BCUT2D eigenvalue weighted by Gasteiger charge is 2.42. The summed E-state index contributed by atoms with van der Waals surface area (Å²) in [5.41, 5.74) is -0.629. The van der Waals surface area contributed by atoms with E-state index in [0.717, 1.165) is 45.2 Å². The summed E-state index contributed by atoms with van der Waals surface area (Å²) in [5.74, 6) is 0.166. The van der Waals surface area contributed by atoms with Crippen LogP contribution in [0.5, 0.6) is 0 Å². The fraction of sp³-hybridized carbons (Fsp3) is 1.00. The molecule has 2 unspecified atom stereocenters. The SMILES string of the molecule is CN1CCC(O)(C2CCCC(S(C)(=O)=O)C2)CC1. The fourth-order valence-electron chi connectivity index (χ4n) is 3.44. The Morgan fingerprint density at radius 3 is 2.39 bits per heavy atom. The molecule has 2 fully saturated rings. The van der Waals surface area contributed by atoms with Crippen LogP contribution in [0.4, 0.5) is 0 Å². The van der Waals surface area contributed by atoms with Crippen molar-refractivity contribution in [1.29, 1.82) is 0 Å². The zero-order valence-electron chi connectivity index (χ0n) is 11.4. The summed E-state index contributed by atoms with van der Waals surface area (Å²) in [6, 6.07) is 0. The lowest BCUT2D eigenvalue weighted by Crippen LogP contribution is -2.50. The molecule has 0 aromatic rings. The number of piperidine rings is 1. The molecule has 0 aromatic carbocycles. The zero-order chi connectivity index (χ0) is 13.4. The minimum Gasteiger partial charge on any atom is -0.390 e. The van der Waals surface area contributed by atoms with Gasteiger partial charge in [-0.3, -0.25) is 0 Å². The Morgan fingerprint density at radius 1 is 1.22 bits per heavy atom. The third-order valence-corrected chi connectivity index (χ3v) is 6.48. The van der Waals surface area contributed by atoms with E-state index in [1.165, 1.54) is 6.26 Å². The number of nitrogens with zero attached hydrogens (tertiary/aromatic N) is 1. The molecule has 1 aliphatic carbocycles.